The van der Waals surface area contributed by atoms with E-state index in [1.54, 1.807) is 13.0 Å². The van der Waals surface area contributed by atoms with E-state index >= 15 is 0 Å². The van der Waals surface area contributed by atoms with Crippen LogP contribution >= 0.6 is 12.2 Å². The van der Waals surface area contributed by atoms with Gasteiger partial charge in [0.15, 0.2) is 5.11 Å². The van der Waals surface area contributed by atoms with Gasteiger partial charge in [-0.1, -0.05) is 12.1 Å². The molecule has 1 aliphatic heterocycles. The van der Waals surface area contributed by atoms with Gasteiger partial charge in [-0.2, -0.15) is 4.31 Å². The van der Waals surface area contributed by atoms with E-state index in [4.69, 9.17) is 12.2 Å². The third kappa shape index (κ3) is 4.33. The molecule has 0 amide bonds. The molecular formula is C15H20N4O4S2. The van der Waals surface area contributed by atoms with E-state index in [0.29, 0.717) is 30.3 Å². The van der Waals surface area contributed by atoms with E-state index in [1.807, 2.05) is 4.90 Å². The van der Waals surface area contributed by atoms with Crippen molar-refractivity contribution in [3.05, 3.63) is 46.5 Å². The van der Waals surface area contributed by atoms with Crippen molar-refractivity contribution in [1.29, 1.82) is 0 Å². The molecule has 1 N–H and O–H groups in total. The number of benzene rings is 1. The second-order valence-electron chi connectivity index (χ2n) is 5.57. The molecule has 0 unspecified atom stereocenters. The van der Waals surface area contributed by atoms with Gasteiger partial charge in [0.2, 0.25) is 10.0 Å². The average Bonchev–Trinajstić information content (AvgIpc) is 2.59. The number of aryl methyl sites for hydroxylation is 1. The number of hydrogen-bond acceptors (Lipinski definition) is 5. The Labute approximate surface area is 152 Å². The number of piperazine rings is 1. The predicted molar refractivity (Wildman–Crippen MR) is 99.0 cm³/mol. The number of nitrogens with zero attached hydrogens (tertiary/aromatic N) is 3. The topological polar surface area (TPSA) is 95.8 Å². The van der Waals surface area contributed by atoms with Crippen molar-refractivity contribution in [1.82, 2.24) is 14.5 Å². The molecule has 0 aliphatic carbocycles. The van der Waals surface area contributed by atoms with E-state index in [1.165, 1.54) is 16.4 Å². The first kappa shape index (κ1) is 19.3. The zero-order valence-electron chi connectivity index (χ0n) is 13.8. The molecule has 1 heterocycles. The molecule has 1 fully saturated rings. The molecule has 2 rings (SSSR count). The minimum absolute atomic E-state index is 0.0255. The molecule has 1 aliphatic rings. The van der Waals surface area contributed by atoms with Gasteiger partial charge in [0, 0.05) is 44.9 Å². The van der Waals surface area contributed by atoms with Crippen LogP contribution in [0.3, 0.4) is 0 Å². The molecule has 0 spiro atoms. The highest BCUT2D eigenvalue weighted by atomic mass is 32.2. The van der Waals surface area contributed by atoms with Gasteiger partial charge in [0.05, 0.1) is 9.82 Å². The Morgan fingerprint density at radius 3 is 2.60 bits per heavy atom. The van der Waals surface area contributed by atoms with E-state index in [-0.39, 0.29) is 23.7 Å². The Morgan fingerprint density at radius 2 is 2.04 bits per heavy atom. The summed E-state index contributed by atoms with van der Waals surface area (Å²) in [6, 6.07) is 3.87. The van der Waals surface area contributed by atoms with Gasteiger partial charge < -0.3 is 10.2 Å². The van der Waals surface area contributed by atoms with E-state index < -0.39 is 14.9 Å². The van der Waals surface area contributed by atoms with Gasteiger partial charge in [-0.05, 0) is 24.7 Å². The van der Waals surface area contributed by atoms with Gasteiger partial charge in [0.1, 0.15) is 0 Å². The minimum Gasteiger partial charge on any atom is -0.359 e. The average molecular weight is 384 g/mol. The van der Waals surface area contributed by atoms with Crippen molar-refractivity contribution in [2.75, 3.05) is 32.7 Å². The van der Waals surface area contributed by atoms with Crippen LogP contribution in [-0.2, 0) is 10.0 Å². The SMILES string of the molecule is C=CCNC(=S)N1CCN(S(=O)(=O)c2cc([N+](=O)[O-])ccc2C)CC1. The standard InChI is InChI=1S/C15H20N4O4S2/c1-3-6-16-15(24)17-7-9-18(10-8-17)25(22,23)14-11-13(19(20)21)5-4-12(14)2/h3-5,11H,1,6-10H2,2H3,(H,16,24). The van der Waals surface area contributed by atoms with Gasteiger partial charge >= 0.3 is 0 Å². The molecule has 0 saturated carbocycles. The van der Waals surface area contributed by atoms with Crippen LogP contribution in [0, 0.1) is 17.0 Å². The molecule has 8 nitrogen and oxygen atoms in total. The fourth-order valence-electron chi connectivity index (χ4n) is 2.52. The van der Waals surface area contributed by atoms with Gasteiger partial charge in [-0.3, -0.25) is 10.1 Å². The molecule has 0 aromatic heterocycles. The molecule has 1 aromatic rings. The summed E-state index contributed by atoms with van der Waals surface area (Å²) in [6.07, 6.45) is 1.69. The summed E-state index contributed by atoms with van der Waals surface area (Å²) in [5.74, 6) is 0. The number of nitrogens with one attached hydrogen (secondary N) is 1. The van der Waals surface area contributed by atoms with Crippen molar-refractivity contribution in [3.63, 3.8) is 0 Å². The van der Waals surface area contributed by atoms with Crippen LogP contribution in [0.2, 0.25) is 0 Å². The van der Waals surface area contributed by atoms with Crippen LogP contribution in [-0.4, -0.2) is 60.4 Å². The molecule has 0 bridgehead atoms. The van der Waals surface area contributed by atoms with Gasteiger partial charge in [0.25, 0.3) is 5.69 Å². The minimum atomic E-state index is -3.79. The summed E-state index contributed by atoms with van der Waals surface area (Å²) in [4.78, 5) is 12.2. The Bertz CT molecular complexity index is 787. The fraction of sp³-hybridized carbons (Fsp3) is 0.400. The first-order chi connectivity index (χ1) is 11.8. The Hall–Kier alpha value is -2.04. The highest BCUT2D eigenvalue weighted by molar-refractivity contribution is 7.89. The third-order valence-corrected chi connectivity index (χ3v) is 6.37. The quantitative estimate of drug-likeness (QED) is 0.353. The van der Waals surface area contributed by atoms with Crippen LogP contribution in [0.5, 0.6) is 0 Å². The van der Waals surface area contributed by atoms with Crippen LogP contribution in [0.15, 0.2) is 35.7 Å². The lowest BCUT2D eigenvalue weighted by atomic mass is 10.2. The molecule has 1 aromatic carbocycles. The highest BCUT2D eigenvalue weighted by Gasteiger charge is 2.31. The van der Waals surface area contributed by atoms with Crippen LogP contribution in [0.4, 0.5) is 5.69 Å². The Morgan fingerprint density at radius 1 is 1.40 bits per heavy atom. The number of non-ortho nitro benzene ring substituents is 1. The Kier molecular flexibility index (Phi) is 6.09. The van der Waals surface area contributed by atoms with Gasteiger partial charge in [-0.15, -0.1) is 6.58 Å². The summed E-state index contributed by atoms with van der Waals surface area (Å²) in [6.45, 7) is 7.22. The summed E-state index contributed by atoms with van der Waals surface area (Å²) in [5, 5.41) is 14.5. The maximum atomic E-state index is 12.9. The molecule has 136 valence electrons. The highest BCUT2D eigenvalue weighted by Crippen LogP contribution is 2.25. The zero-order valence-corrected chi connectivity index (χ0v) is 15.5. The molecule has 25 heavy (non-hydrogen) atoms. The number of nitro benzene ring substituents is 1. The van der Waals surface area contributed by atoms with Gasteiger partial charge in [-0.25, -0.2) is 8.42 Å². The lowest BCUT2D eigenvalue weighted by Gasteiger charge is -2.35. The fourth-order valence-corrected chi connectivity index (χ4v) is 4.45. The van der Waals surface area contributed by atoms with E-state index in [9.17, 15) is 18.5 Å². The van der Waals surface area contributed by atoms with Crippen molar-refractivity contribution in [3.8, 4) is 0 Å². The summed E-state index contributed by atoms with van der Waals surface area (Å²) in [5.41, 5.74) is 0.244. The summed E-state index contributed by atoms with van der Waals surface area (Å²) in [7, 11) is -3.79. The number of nitro groups is 1. The normalized spacial score (nSPS) is 15.6. The molecule has 0 atom stereocenters. The molecular weight excluding hydrogens is 364 g/mol. The van der Waals surface area contributed by atoms with Crippen molar-refractivity contribution in [2.24, 2.45) is 0 Å². The first-order valence-corrected chi connectivity index (χ1v) is 9.51. The van der Waals surface area contributed by atoms with E-state index in [2.05, 4.69) is 11.9 Å². The maximum absolute atomic E-state index is 12.9. The molecule has 10 heteroatoms. The Balaban J connectivity index is 2.15. The van der Waals surface area contributed by atoms with E-state index in [0.717, 1.165) is 6.07 Å². The number of hydrogen-bond donors (Lipinski definition) is 1. The predicted octanol–water partition coefficient (Wildman–Crippen LogP) is 1.27. The lowest BCUT2D eigenvalue weighted by Crippen LogP contribution is -2.53. The van der Waals surface area contributed by atoms with Crippen LogP contribution < -0.4 is 5.32 Å². The number of sulfonamides is 1. The maximum Gasteiger partial charge on any atom is 0.270 e. The first-order valence-electron chi connectivity index (χ1n) is 7.66. The lowest BCUT2D eigenvalue weighted by molar-refractivity contribution is -0.385. The summed E-state index contributed by atoms with van der Waals surface area (Å²) < 4.78 is 27.0. The number of rotatable bonds is 5. The van der Waals surface area contributed by atoms with Crippen molar-refractivity contribution >= 4 is 33.0 Å². The summed E-state index contributed by atoms with van der Waals surface area (Å²) >= 11 is 5.26. The van der Waals surface area contributed by atoms with Crippen molar-refractivity contribution in [2.45, 2.75) is 11.8 Å². The molecule has 1 saturated heterocycles. The third-order valence-electron chi connectivity index (χ3n) is 3.92. The van der Waals surface area contributed by atoms with Crippen LogP contribution in [0.1, 0.15) is 5.56 Å². The second kappa shape index (κ2) is 7.89. The monoisotopic (exact) mass is 384 g/mol. The zero-order chi connectivity index (χ0) is 18.6. The largest absolute Gasteiger partial charge is 0.359 e. The molecule has 0 radical (unpaired) electrons. The number of thiocarbonyl (C=S) groups is 1. The van der Waals surface area contributed by atoms with Crippen molar-refractivity contribution < 1.29 is 13.3 Å². The smallest absolute Gasteiger partial charge is 0.270 e. The second-order valence-corrected chi connectivity index (χ2v) is 7.87. The van der Waals surface area contributed by atoms with Crippen LogP contribution in [0.25, 0.3) is 0 Å².